The van der Waals surface area contributed by atoms with Crippen LogP contribution in [0.25, 0.3) is 22.4 Å². The summed E-state index contributed by atoms with van der Waals surface area (Å²) in [6.45, 7) is 4.33. The van der Waals surface area contributed by atoms with Crippen LogP contribution in [0.3, 0.4) is 0 Å². The summed E-state index contributed by atoms with van der Waals surface area (Å²) in [5.41, 5.74) is 7.76. The van der Waals surface area contributed by atoms with E-state index in [1.165, 1.54) is 17.3 Å². The van der Waals surface area contributed by atoms with Gasteiger partial charge in [0.15, 0.2) is 5.16 Å². The number of nitrogens with zero attached hydrogens (tertiary/aromatic N) is 4. The van der Waals surface area contributed by atoms with E-state index in [1.54, 1.807) is 15.0 Å². The lowest BCUT2D eigenvalue weighted by atomic mass is 9.98. The highest BCUT2D eigenvalue weighted by atomic mass is 32.2. The van der Waals surface area contributed by atoms with Crippen molar-refractivity contribution in [3.8, 4) is 5.69 Å². The molecule has 0 aliphatic carbocycles. The van der Waals surface area contributed by atoms with E-state index in [-0.39, 0.29) is 11.3 Å². The smallest absolute Gasteiger partial charge is 0.267 e. The van der Waals surface area contributed by atoms with Gasteiger partial charge in [0.1, 0.15) is 0 Å². The van der Waals surface area contributed by atoms with Gasteiger partial charge >= 0.3 is 0 Å². The molecule has 29 heavy (non-hydrogen) atoms. The Morgan fingerprint density at radius 3 is 2.55 bits per heavy atom. The normalized spacial score (nSPS) is 12.5. The number of aromatic nitrogens is 4. The molecule has 0 saturated carbocycles. The molecule has 0 aliphatic rings. The van der Waals surface area contributed by atoms with Crippen LogP contribution in [0.2, 0.25) is 0 Å². The molecule has 1 unspecified atom stereocenters. The van der Waals surface area contributed by atoms with Crippen molar-refractivity contribution in [2.24, 2.45) is 5.73 Å². The Balaban J connectivity index is 1.97. The molecule has 148 valence electrons. The summed E-state index contributed by atoms with van der Waals surface area (Å²) in [6.07, 6.45) is 1.05. The first-order chi connectivity index (χ1) is 14.0. The summed E-state index contributed by atoms with van der Waals surface area (Å²) < 4.78 is 3.36. The molecule has 4 aromatic rings. The molecular formula is C21H21N5O2S. The molecule has 0 saturated heterocycles. The quantitative estimate of drug-likeness (QED) is 0.496. The molecule has 0 bridgehead atoms. The first-order valence-corrected chi connectivity index (χ1v) is 10.4. The second-order valence-corrected chi connectivity index (χ2v) is 7.87. The lowest BCUT2D eigenvalue weighted by molar-refractivity contribution is -0.115. The molecule has 1 amide bonds. The minimum absolute atomic E-state index is 0.0812. The van der Waals surface area contributed by atoms with Crippen LogP contribution in [-0.2, 0) is 4.79 Å². The van der Waals surface area contributed by atoms with Gasteiger partial charge in [-0.1, -0.05) is 49.9 Å². The van der Waals surface area contributed by atoms with Crippen molar-refractivity contribution >= 4 is 34.3 Å². The highest BCUT2D eigenvalue weighted by Crippen LogP contribution is 2.24. The van der Waals surface area contributed by atoms with E-state index in [0.717, 1.165) is 12.1 Å². The Bertz CT molecular complexity index is 1260. The van der Waals surface area contributed by atoms with Gasteiger partial charge in [-0.05, 0) is 42.2 Å². The summed E-state index contributed by atoms with van der Waals surface area (Å²) in [7, 11) is 0. The largest absolute Gasteiger partial charge is 0.369 e. The Morgan fingerprint density at radius 2 is 1.86 bits per heavy atom. The van der Waals surface area contributed by atoms with E-state index in [9.17, 15) is 9.59 Å². The summed E-state index contributed by atoms with van der Waals surface area (Å²) in [6, 6.07) is 15.3. The van der Waals surface area contributed by atoms with Crippen LogP contribution >= 0.6 is 11.8 Å². The van der Waals surface area contributed by atoms with Crippen molar-refractivity contribution in [1.29, 1.82) is 0 Å². The number of amides is 1. The Kier molecular flexibility index (Phi) is 5.10. The standard InChI is InChI=1S/C21H21N5O2S/c1-3-13(2)14-8-10-15(11-9-14)25-19(28)16-6-4-5-7-17(16)26-20(25)23-24-21(26)29-12-18(22)27/h4-11,13H,3,12H2,1-2H3,(H2,22,27). The maximum absolute atomic E-state index is 13.3. The van der Waals surface area contributed by atoms with Crippen molar-refractivity contribution < 1.29 is 4.79 Å². The number of fused-ring (bicyclic) bond motifs is 3. The lowest BCUT2D eigenvalue weighted by Crippen LogP contribution is -2.22. The number of carbonyl (C=O) groups excluding carboxylic acids is 1. The summed E-state index contributed by atoms with van der Waals surface area (Å²) in [5, 5.41) is 9.53. The number of hydrogen-bond acceptors (Lipinski definition) is 5. The van der Waals surface area contributed by atoms with Crippen molar-refractivity contribution in [3.63, 3.8) is 0 Å². The number of primary amides is 1. The van der Waals surface area contributed by atoms with Crippen LogP contribution in [0.4, 0.5) is 0 Å². The monoisotopic (exact) mass is 407 g/mol. The Labute approximate surface area is 171 Å². The molecule has 2 heterocycles. The molecule has 0 aliphatic heterocycles. The average Bonchev–Trinajstić information content (AvgIpc) is 3.16. The Hall–Kier alpha value is -3.13. The third-order valence-electron chi connectivity index (χ3n) is 5.07. The highest BCUT2D eigenvalue weighted by molar-refractivity contribution is 7.99. The van der Waals surface area contributed by atoms with E-state index in [2.05, 4.69) is 24.0 Å². The van der Waals surface area contributed by atoms with Crippen LogP contribution in [-0.4, -0.2) is 30.8 Å². The number of thioether (sulfide) groups is 1. The van der Waals surface area contributed by atoms with Gasteiger partial charge in [0.2, 0.25) is 11.7 Å². The average molecular weight is 407 g/mol. The number of nitrogens with two attached hydrogens (primary N) is 1. The molecule has 7 nitrogen and oxygen atoms in total. The number of benzene rings is 2. The zero-order valence-electron chi connectivity index (χ0n) is 16.2. The van der Waals surface area contributed by atoms with Crippen molar-refractivity contribution in [1.82, 2.24) is 19.2 Å². The van der Waals surface area contributed by atoms with Crippen LogP contribution in [0, 0.1) is 0 Å². The van der Waals surface area contributed by atoms with Crippen LogP contribution in [0.1, 0.15) is 31.7 Å². The molecule has 4 rings (SSSR count). The van der Waals surface area contributed by atoms with Gasteiger partial charge in [0.25, 0.3) is 5.56 Å². The number of hydrogen-bond donors (Lipinski definition) is 1. The molecular weight excluding hydrogens is 386 g/mol. The molecule has 0 radical (unpaired) electrons. The van der Waals surface area contributed by atoms with E-state index in [4.69, 9.17) is 5.73 Å². The van der Waals surface area contributed by atoms with Gasteiger partial charge in [-0.25, -0.2) is 4.57 Å². The number of rotatable bonds is 6. The third-order valence-corrected chi connectivity index (χ3v) is 6.02. The summed E-state index contributed by atoms with van der Waals surface area (Å²) in [5.74, 6) is 0.488. The predicted molar refractivity (Wildman–Crippen MR) is 115 cm³/mol. The van der Waals surface area contributed by atoms with Gasteiger partial charge in [-0.3, -0.25) is 14.0 Å². The highest BCUT2D eigenvalue weighted by Gasteiger charge is 2.18. The third kappa shape index (κ3) is 3.40. The van der Waals surface area contributed by atoms with Crippen molar-refractivity contribution in [2.75, 3.05) is 5.75 Å². The molecule has 2 aromatic carbocycles. The van der Waals surface area contributed by atoms with E-state index >= 15 is 0 Å². The maximum atomic E-state index is 13.3. The fraction of sp³-hybridized carbons (Fsp3) is 0.238. The molecule has 2 aromatic heterocycles. The molecule has 8 heteroatoms. The molecule has 0 fully saturated rings. The van der Waals surface area contributed by atoms with Gasteiger partial charge in [0, 0.05) is 0 Å². The zero-order valence-corrected chi connectivity index (χ0v) is 17.0. The number of para-hydroxylation sites is 1. The molecule has 2 N–H and O–H groups in total. The van der Waals surface area contributed by atoms with Gasteiger partial charge < -0.3 is 5.73 Å². The molecule has 1 atom stereocenters. The van der Waals surface area contributed by atoms with E-state index in [0.29, 0.717) is 27.8 Å². The van der Waals surface area contributed by atoms with Crippen LogP contribution < -0.4 is 11.3 Å². The zero-order chi connectivity index (χ0) is 20.5. The second kappa shape index (κ2) is 7.71. The van der Waals surface area contributed by atoms with Crippen LogP contribution in [0.15, 0.2) is 58.5 Å². The summed E-state index contributed by atoms with van der Waals surface area (Å²) >= 11 is 1.20. The van der Waals surface area contributed by atoms with Gasteiger partial charge in [-0.2, -0.15) is 0 Å². The minimum atomic E-state index is -0.440. The summed E-state index contributed by atoms with van der Waals surface area (Å²) in [4.78, 5) is 24.5. The lowest BCUT2D eigenvalue weighted by Gasteiger charge is -2.13. The fourth-order valence-corrected chi connectivity index (χ4v) is 4.01. The number of carbonyl (C=O) groups is 1. The first kappa shape index (κ1) is 19.2. The van der Waals surface area contributed by atoms with E-state index in [1.807, 2.05) is 42.5 Å². The van der Waals surface area contributed by atoms with Crippen molar-refractivity contribution in [3.05, 3.63) is 64.4 Å². The SMILES string of the molecule is CCC(C)c1ccc(-n2c(=O)c3ccccc3n3c(SCC(N)=O)nnc23)cc1. The minimum Gasteiger partial charge on any atom is -0.369 e. The van der Waals surface area contributed by atoms with E-state index < -0.39 is 5.91 Å². The van der Waals surface area contributed by atoms with Crippen LogP contribution in [0.5, 0.6) is 0 Å². The Morgan fingerprint density at radius 1 is 1.14 bits per heavy atom. The second-order valence-electron chi connectivity index (χ2n) is 6.93. The van der Waals surface area contributed by atoms with Gasteiger partial charge in [0.05, 0.1) is 22.3 Å². The topological polar surface area (TPSA) is 95.3 Å². The van der Waals surface area contributed by atoms with Crippen molar-refractivity contribution in [2.45, 2.75) is 31.3 Å². The predicted octanol–water partition coefficient (Wildman–Crippen LogP) is 3.12. The molecule has 0 spiro atoms. The van der Waals surface area contributed by atoms with Gasteiger partial charge in [-0.15, -0.1) is 10.2 Å². The fourth-order valence-electron chi connectivity index (χ4n) is 3.33. The maximum Gasteiger partial charge on any atom is 0.267 e. The first-order valence-electron chi connectivity index (χ1n) is 9.41.